The lowest BCUT2D eigenvalue weighted by Gasteiger charge is -2.47. The fourth-order valence-corrected chi connectivity index (χ4v) is 6.16. The van der Waals surface area contributed by atoms with E-state index < -0.39 is 17.7 Å². The molecule has 0 aliphatic heterocycles. The zero-order valence-corrected chi connectivity index (χ0v) is 18.3. The summed E-state index contributed by atoms with van der Waals surface area (Å²) in [6.07, 6.45) is 8.56. The van der Waals surface area contributed by atoms with Gasteiger partial charge in [0.2, 0.25) is 0 Å². The Morgan fingerprint density at radius 1 is 1.21 bits per heavy atom. The number of aromatic amines is 1. The van der Waals surface area contributed by atoms with Gasteiger partial charge in [0.15, 0.2) is 17.5 Å². The summed E-state index contributed by atoms with van der Waals surface area (Å²) in [5, 5.41) is 15.7. The molecular weight excluding hydrogens is 443 g/mol. The molecule has 0 aromatic carbocycles. The van der Waals surface area contributed by atoms with Gasteiger partial charge in [0.25, 0.3) is 0 Å². The van der Waals surface area contributed by atoms with E-state index in [0.29, 0.717) is 21.9 Å². The molecule has 168 valence electrons. The monoisotopic (exact) mass is 464 g/mol. The molecule has 10 heteroatoms. The van der Waals surface area contributed by atoms with Gasteiger partial charge >= 0.3 is 5.97 Å². The zero-order valence-electron chi connectivity index (χ0n) is 17.5. The van der Waals surface area contributed by atoms with Crippen LogP contribution < -0.4 is 5.32 Å². The Hall–Kier alpha value is -3.40. The number of H-pyrrole nitrogens is 1. The predicted molar refractivity (Wildman–Crippen MR) is 122 cm³/mol. The quantitative estimate of drug-likeness (QED) is 0.396. The summed E-state index contributed by atoms with van der Waals surface area (Å²) < 4.78 is 15.7. The summed E-state index contributed by atoms with van der Waals surface area (Å²) in [6, 6.07) is 3.29. The number of fused-ring (bicyclic) bond motifs is 4. The summed E-state index contributed by atoms with van der Waals surface area (Å²) >= 11 is 1.39. The van der Waals surface area contributed by atoms with E-state index in [4.69, 9.17) is 0 Å². The summed E-state index contributed by atoms with van der Waals surface area (Å²) in [5.41, 5.74) is 1.48. The maximum atomic E-state index is 15.7. The van der Waals surface area contributed by atoms with Crippen molar-refractivity contribution >= 4 is 34.2 Å². The van der Waals surface area contributed by atoms with Crippen molar-refractivity contribution in [1.82, 2.24) is 24.9 Å². The van der Waals surface area contributed by atoms with Gasteiger partial charge in [0.05, 0.1) is 10.8 Å². The average Bonchev–Trinajstić information content (AvgIpc) is 3.51. The first-order chi connectivity index (χ1) is 16.1. The minimum Gasteiger partial charge on any atom is -0.481 e. The highest BCUT2D eigenvalue weighted by Gasteiger charge is 2.47. The molecule has 3 aliphatic carbocycles. The Morgan fingerprint density at radius 3 is 2.79 bits per heavy atom. The Balaban J connectivity index is 1.48. The molecule has 7 rings (SSSR count). The molecule has 4 aromatic rings. The predicted octanol–water partition coefficient (Wildman–Crippen LogP) is 4.58. The van der Waals surface area contributed by atoms with Gasteiger partial charge in [-0.1, -0.05) is 6.07 Å². The SMILES string of the molecule is O=C(O)C1C2CCC(CC2)C1Nc1nc(-c2c[nH]c3ncncc23)nc(-c2cccs2)c1F. The maximum absolute atomic E-state index is 15.7. The molecule has 33 heavy (non-hydrogen) atoms. The molecule has 0 radical (unpaired) electrons. The highest BCUT2D eigenvalue weighted by Crippen LogP contribution is 2.46. The van der Waals surface area contributed by atoms with Crippen LogP contribution in [0.1, 0.15) is 25.7 Å². The van der Waals surface area contributed by atoms with Crippen LogP contribution in [0.3, 0.4) is 0 Å². The van der Waals surface area contributed by atoms with Gasteiger partial charge in [0.1, 0.15) is 17.7 Å². The lowest BCUT2D eigenvalue weighted by atomic mass is 9.61. The topological polar surface area (TPSA) is 117 Å². The Bertz CT molecular complexity index is 1330. The van der Waals surface area contributed by atoms with Crippen molar-refractivity contribution in [3.8, 4) is 22.0 Å². The van der Waals surface area contributed by atoms with Crippen LogP contribution in [0.25, 0.3) is 33.0 Å². The zero-order chi connectivity index (χ0) is 22.5. The van der Waals surface area contributed by atoms with Crippen LogP contribution in [-0.2, 0) is 4.79 Å². The first-order valence-electron chi connectivity index (χ1n) is 11.0. The largest absolute Gasteiger partial charge is 0.481 e. The van der Waals surface area contributed by atoms with E-state index in [1.165, 1.54) is 17.7 Å². The molecule has 0 saturated heterocycles. The molecule has 0 spiro atoms. The van der Waals surface area contributed by atoms with Crippen LogP contribution in [0.2, 0.25) is 0 Å². The first kappa shape index (κ1) is 20.2. The number of carboxylic acids is 1. The van der Waals surface area contributed by atoms with Crippen LogP contribution >= 0.6 is 11.3 Å². The lowest BCUT2D eigenvalue weighted by Crippen LogP contribution is -2.51. The number of halogens is 1. The third-order valence-electron chi connectivity index (χ3n) is 7.01. The van der Waals surface area contributed by atoms with E-state index in [0.717, 1.165) is 31.1 Å². The molecule has 3 saturated carbocycles. The van der Waals surface area contributed by atoms with Crippen molar-refractivity contribution in [3.63, 3.8) is 0 Å². The molecule has 8 nitrogen and oxygen atoms in total. The smallest absolute Gasteiger partial charge is 0.308 e. The number of carboxylic acid groups (broad SMARTS) is 1. The first-order valence-corrected chi connectivity index (χ1v) is 11.9. The van der Waals surface area contributed by atoms with Crippen molar-refractivity contribution in [2.45, 2.75) is 31.7 Å². The third-order valence-corrected chi connectivity index (χ3v) is 7.89. The van der Waals surface area contributed by atoms with Crippen LogP contribution in [0, 0.1) is 23.6 Å². The van der Waals surface area contributed by atoms with Gasteiger partial charge < -0.3 is 15.4 Å². The van der Waals surface area contributed by atoms with Gasteiger partial charge in [-0.05, 0) is 49.0 Å². The van der Waals surface area contributed by atoms with Crippen LogP contribution in [0.5, 0.6) is 0 Å². The third kappa shape index (κ3) is 3.36. The number of rotatable bonds is 5. The van der Waals surface area contributed by atoms with Gasteiger partial charge in [-0.25, -0.2) is 24.3 Å². The van der Waals surface area contributed by atoms with E-state index in [1.54, 1.807) is 12.4 Å². The molecule has 4 heterocycles. The van der Waals surface area contributed by atoms with E-state index in [9.17, 15) is 9.90 Å². The number of carbonyl (C=O) groups is 1. The summed E-state index contributed by atoms with van der Waals surface area (Å²) in [7, 11) is 0. The number of hydrogen-bond acceptors (Lipinski definition) is 7. The molecule has 0 amide bonds. The summed E-state index contributed by atoms with van der Waals surface area (Å²) in [6.45, 7) is 0. The second-order valence-corrected chi connectivity index (χ2v) is 9.68. The van der Waals surface area contributed by atoms with Gasteiger partial charge in [0, 0.05) is 29.4 Å². The van der Waals surface area contributed by atoms with Crippen molar-refractivity contribution in [3.05, 3.63) is 42.1 Å². The second kappa shape index (κ2) is 7.87. The Morgan fingerprint density at radius 2 is 2.03 bits per heavy atom. The highest BCUT2D eigenvalue weighted by atomic mass is 32.1. The van der Waals surface area contributed by atoms with Gasteiger partial charge in [-0.2, -0.15) is 0 Å². The van der Waals surface area contributed by atoms with Crippen LogP contribution in [0.15, 0.2) is 36.2 Å². The molecule has 3 N–H and O–H groups in total. The number of thiophene rings is 1. The molecule has 4 aromatic heterocycles. The van der Waals surface area contributed by atoms with E-state index in [1.807, 2.05) is 17.5 Å². The van der Waals surface area contributed by atoms with Crippen LogP contribution in [0.4, 0.5) is 10.2 Å². The fourth-order valence-electron chi connectivity index (χ4n) is 5.46. The van der Waals surface area contributed by atoms with E-state index >= 15 is 4.39 Å². The maximum Gasteiger partial charge on any atom is 0.308 e. The lowest BCUT2D eigenvalue weighted by molar-refractivity contribution is -0.148. The number of aliphatic carboxylic acids is 1. The number of aromatic nitrogens is 5. The van der Waals surface area contributed by atoms with Crippen molar-refractivity contribution in [2.75, 3.05) is 5.32 Å². The molecule has 2 bridgehead atoms. The van der Waals surface area contributed by atoms with E-state index in [2.05, 4.69) is 30.2 Å². The molecule has 3 fully saturated rings. The number of hydrogen-bond donors (Lipinski definition) is 3. The standard InChI is InChI=1S/C23H21FN6O2S/c24-17-19(15-2-1-7-33-15)29-21(14-9-26-20-13(14)8-25-10-27-20)30-22(17)28-18-12-5-3-11(4-6-12)16(18)23(31)32/h1-2,7-12,16,18H,3-6H2,(H,31,32)(H,25,26,27)(H,28,29,30). The summed E-state index contributed by atoms with van der Waals surface area (Å²) in [5.74, 6) is -1.29. The molecule has 2 atom stereocenters. The minimum absolute atomic E-state index is 0.0402. The normalized spacial score (nSPS) is 24.3. The average molecular weight is 465 g/mol. The number of nitrogens with one attached hydrogen (secondary N) is 2. The van der Waals surface area contributed by atoms with Gasteiger partial charge in [-0.15, -0.1) is 11.3 Å². The van der Waals surface area contributed by atoms with Crippen molar-refractivity contribution in [1.29, 1.82) is 0 Å². The number of nitrogens with zero attached hydrogens (tertiary/aromatic N) is 4. The number of anilines is 1. The highest BCUT2D eigenvalue weighted by molar-refractivity contribution is 7.13. The Kier molecular flexibility index (Phi) is 4.83. The molecular formula is C23H21FN6O2S. The second-order valence-electron chi connectivity index (χ2n) is 8.73. The van der Waals surface area contributed by atoms with Crippen molar-refractivity contribution < 1.29 is 14.3 Å². The molecule has 2 unspecified atom stereocenters. The molecule has 3 aliphatic rings. The summed E-state index contributed by atoms with van der Waals surface area (Å²) in [4.78, 5) is 33.3. The van der Waals surface area contributed by atoms with Crippen molar-refractivity contribution in [2.24, 2.45) is 17.8 Å². The van der Waals surface area contributed by atoms with E-state index in [-0.39, 0.29) is 29.4 Å². The fraction of sp³-hybridized carbons (Fsp3) is 0.348. The van der Waals surface area contributed by atoms with Gasteiger partial charge in [-0.3, -0.25) is 4.79 Å². The Labute approximate surface area is 192 Å². The minimum atomic E-state index is -0.830. The van der Waals surface area contributed by atoms with Crippen LogP contribution in [-0.4, -0.2) is 42.0 Å².